The molecule has 0 spiro atoms. The van der Waals surface area contributed by atoms with Crippen molar-refractivity contribution in [1.29, 1.82) is 0 Å². The molecule has 0 radical (unpaired) electrons. The summed E-state index contributed by atoms with van der Waals surface area (Å²) >= 11 is 11.1. The monoisotopic (exact) mass is 265 g/mol. The molecule has 6 nitrogen and oxygen atoms in total. The van der Waals surface area contributed by atoms with Gasteiger partial charge in [0.25, 0.3) is 0 Å². The first-order valence-corrected chi connectivity index (χ1v) is 4.99. The number of nitrogens with two attached hydrogens (primary N) is 1. The molecule has 1 rings (SSSR count). The maximum Gasteiger partial charge on any atom is 0.223 e. The van der Waals surface area contributed by atoms with E-state index in [0.717, 1.165) is 0 Å². The summed E-state index contributed by atoms with van der Waals surface area (Å²) in [5, 5.41) is 18.9. The average Bonchev–Trinajstić information content (AvgIpc) is 2.15. The number of aromatic nitrogens is 2. The molecule has 0 fully saturated rings. The van der Waals surface area contributed by atoms with Gasteiger partial charge in [-0.25, -0.2) is 9.97 Å². The lowest BCUT2D eigenvalue weighted by atomic mass is 10.1. The summed E-state index contributed by atoms with van der Waals surface area (Å²) in [7, 11) is 0. The highest BCUT2D eigenvalue weighted by molar-refractivity contribution is 6.32. The third-order valence-corrected chi connectivity index (χ3v) is 2.32. The van der Waals surface area contributed by atoms with E-state index in [2.05, 4.69) is 9.97 Å². The summed E-state index contributed by atoms with van der Waals surface area (Å²) in [5.41, 5.74) is 4.96. The fourth-order valence-electron chi connectivity index (χ4n) is 1.07. The lowest BCUT2D eigenvalue weighted by Gasteiger charge is -2.16. The highest BCUT2D eigenvalue weighted by Gasteiger charge is 2.23. The van der Waals surface area contributed by atoms with Crippen molar-refractivity contribution in [3.05, 3.63) is 22.2 Å². The maximum atomic E-state index is 10.6. The average molecular weight is 266 g/mol. The van der Waals surface area contributed by atoms with Crippen molar-refractivity contribution in [2.45, 2.75) is 18.6 Å². The van der Waals surface area contributed by atoms with Gasteiger partial charge in [0.05, 0.1) is 12.5 Å². The molecule has 1 heterocycles. The first-order chi connectivity index (χ1) is 7.41. The van der Waals surface area contributed by atoms with Gasteiger partial charge in [0.2, 0.25) is 11.2 Å². The van der Waals surface area contributed by atoms with E-state index in [1.165, 1.54) is 6.20 Å². The van der Waals surface area contributed by atoms with Gasteiger partial charge in [-0.2, -0.15) is 0 Å². The number of hydrogen-bond donors (Lipinski definition) is 3. The van der Waals surface area contributed by atoms with Crippen molar-refractivity contribution >= 4 is 29.1 Å². The summed E-state index contributed by atoms with van der Waals surface area (Å²) in [6, 6.07) is 0. The van der Waals surface area contributed by atoms with Gasteiger partial charge in [0.15, 0.2) is 0 Å². The number of aliphatic hydroxyl groups is 2. The molecule has 2 atom stereocenters. The minimum absolute atomic E-state index is 0.0784. The van der Waals surface area contributed by atoms with Gasteiger partial charge in [-0.05, 0) is 11.6 Å². The summed E-state index contributed by atoms with van der Waals surface area (Å²) in [5.74, 6) is -0.738. The predicted molar refractivity (Wildman–Crippen MR) is 56.8 cm³/mol. The Morgan fingerprint density at radius 2 is 2.12 bits per heavy atom. The van der Waals surface area contributed by atoms with Crippen LogP contribution in [-0.2, 0) is 4.79 Å². The fraction of sp³-hybridized carbons (Fsp3) is 0.375. The summed E-state index contributed by atoms with van der Waals surface area (Å²) in [4.78, 5) is 17.7. The van der Waals surface area contributed by atoms with E-state index in [1.54, 1.807) is 0 Å². The zero-order valence-electron chi connectivity index (χ0n) is 7.97. The Hall–Kier alpha value is -0.950. The van der Waals surface area contributed by atoms with Gasteiger partial charge in [0.1, 0.15) is 11.3 Å². The second-order valence-electron chi connectivity index (χ2n) is 3.07. The molecule has 0 saturated carbocycles. The van der Waals surface area contributed by atoms with Crippen molar-refractivity contribution in [1.82, 2.24) is 9.97 Å². The largest absolute Gasteiger partial charge is 0.390 e. The highest BCUT2D eigenvalue weighted by atomic mass is 35.5. The van der Waals surface area contributed by atoms with Crippen LogP contribution < -0.4 is 5.73 Å². The van der Waals surface area contributed by atoms with E-state index in [0.29, 0.717) is 0 Å². The van der Waals surface area contributed by atoms with Crippen LogP contribution in [-0.4, -0.2) is 32.2 Å². The number of amides is 1. The van der Waals surface area contributed by atoms with Crippen LogP contribution in [0, 0.1) is 0 Å². The standard InChI is InChI=1S/C8H9Cl2N3O3/c9-7-3(2-12-8(10)13-7)6(16)4(14)1-5(11)15/h2,4,6,14,16H,1H2,(H2,11,15). The van der Waals surface area contributed by atoms with Crippen molar-refractivity contribution in [3.8, 4) is 0 Å². The number of halogens is 2. The zero-order chi connectivity index (χ0) is 12.3. The molecule has 1 amide bonds. The Morgan fingerprint density at radius 1 is 1.50 bits per heavy atom. The maximum absolute atomic E-state index is 10.6. The summed E-state index contributed by atoms with van der Waals surface area (Å²) in [6.45, 7) is 0. The number of aliphatic hydroxyl groups excluding tert-OH is 2. The smallest absolute Gasteiger partial charge is 0.223 e. The first kappa shape index (κ1) is 13.1. The van der Waals surface area contributed by atoms with E-state index in [1.807, 2.05) is 0 Å². The van der Waals surface area contributed by atoms with Crippen molar-refractivity contribution in [2.75, 3.05) is 0 Å². The van der Waals surface area contributed by atoms with Gasteiger partial charge < -0.3 is 15.9 Å². The van der Waals surface area contributed by atoms with Crippen molar-refractivity contribution < 1.29 is 15.0 Å². The van der Waals surface area contributed by atoms with Gasteiger partial charge in [-0.15, -0.1) is 0 Å². The molecular formula is C8H9Cl2N3O3. The van der Waals surface area contributed by atoms with Gasteiger partial charge in [0, 0.05) is 11.8 Å². The Labute approximate surface area is 101 Å². The molecule has 88 valence electrons. The van der Waals surface area contributed by atoms with Crippen LogP contribution in [0.15, 0.2) is 6.20 Å². The molecule has 2 unspecified atom stereocenters. The van der Waals surface area contributed by atoms with Gasteiger partial charge >= 0.3 is 0 Å². The van der Waals surface area contributed by atoms with Crippen LogP contribution in [0.2, 0.25) is 10.4 Å². The number of nitrogens with zero attached hydrogens (tertiary/aromatic N) is 2. The fourth-order valence-corrected chi connectivity index (χ4v) is 1.49. The molecule has 4 N–H and O–H groups in total. The van der Waals surface area contributed by atoms with Crippen LogP contribution in [0.1, 0.15) is 18.1 Å². The van der Waals surface area contributed by atoms with Crippen molar-refractivity contribution in [3.63, 3.8) is 0 Å². The van der Waals surface area contributed by atoms with E-state index >= 15 is 0 Å². The number of carbonyl (C=O) groups excluding carboxylic acids is 1. The number of primary amides is 1. The van der Waals surface area contributed by atoms with E-state index < -0.39 is 18.1 Å². The van der Waals surface area contributed by atoms with E-state index in [4.69, 9.17) is 28.9 Å². The van der Waals surface area contributed by atoms with Gasteiger partial charge in [-0.3, -0.25) is 4.79 Å². The number of rotatable bonds is 4. The third kappa shape index (κ3) is 3.28. The Bertz CT molecular complexity index is 402. The quantitative estimate of drug-likeness (QED) is 0.527. The molecule has 0 aliphatic carbocycles. The second-order valence-corrected chi connectivity index (χ2v) is 3.76. The number of hydrogen-bond acceptors (Lipinski definition) is 5. The SMILES string of the molecule is NC(=O)CC(O)C(O)c1cnc(Cl)nc1Cl. The molecule has 0 bridgehead atoms. The minimum atomic E-state index is -1.39. The zero-order valence-corrected chi connectivity index (χ0v) is 9.48. The second kappa shape index (κ2) is 5.40. The predicted octanol–water partition coefficient (Wildman–Crippen LogP) is 0.0531. The first-order valence-electron chi connectivity index (χ1n) is 4.24. The van der Waals surface area contributed by atoms with Crippen LogP contribution in [0.5, 0.6) is 0 Å². The van der Waals surface area contributed by atoms with Crippen LogP contribution in [0.4, 0.5) is 0 Å². The molecule has 1 aromatic heterocycles. The lowest BCUT2D eigenvalue weighted by molar-refractivity contribution is -0.121. The molecule has 0 aliphatic rings. The Morgan fingerprint density at radius 3 is 2.62 bits per heavy atom. The molecule has 0 aromatic carbocycles. The normalized spacial score (nSPS) is 14.5. The molecule has 1 aromatic rings. The lowest BCUT2D eigenvalue weighted by Crippen LogP contribution is -2.26. The molecule has 0 saturated heterocycles. The third-order valence-electron chi connectivity index (χ3n) is 1.83. The molecule has 0 aliphatic heterocycles. The summed E-state index contributed by atoms with van der Waals surface area (Å²) in [6.07, 6.45) is -1.97. The van der Waals surface area contributed by atoms with Gasteiger partial charge in [-0.1, -0.05) is 11.6 Å². The van der Waals surface area contributed by atoms with Crippen LogP contribution in [0.25, 0.3) is 0 Å². The van der Waals surface area contributed by atoms with Crippen molar-refractivity contribution in [2.24, 2.45) is 5.73 Å². The van der Waals surface area contributed by atoms with E-state index in [9.17, 15) is 15.0 Å². The van der Waals surface area contributed by atoms with E-state index in [-0.39, 0.29) is 22.4 Å². The summed E-state index contributed by atoms with van der Waals surface area (Å²) < 4.78 is 0. The van der Waals surface area contributed by atoms with Crippen LogP contribution >= 0.6 is 23.2 Å². The topological polar surface area (TPSA) is 109 Å². The molecular weight excluding hydrogens is 257 g/mol. The Kier molecular flexibility index (Phi) is 4.43. The highest BCUT2D eigenvalue weighted by Crippen LogP contribution is 2.25. The molecule has 8 heteroatoms. The minimum Gasteiger partial charge on any atom is -0.390 e. The van der Waals surface area contributed by atoms with Crippen LogP contribution in [0.3, 0.4) is 0 Å². The Balaban J connectivity index is 2.87. The number of carbonyl (C=O) groups is 1. The molecule has 16 heavy (non-hydrogen) atoms.